The van der Waals surface area contributed by atoms with Crippen molar-refractivity contribution >= 4 is 27.7 Å². The minimum atomic E-state index is -1.84. The molecule has 0 aliphatic rings. The van der Waals surface area contributed by atoms with Crippen molar-refractivity contribution in [1.82, 2.24) is 0 Å². The minimum absolute atomic E-state index is 0.774. The van der Waals surface area contributed by atoms with Gasteiger partial charge in [0.05, 0.1) is 6.23 Å². The van der Waals surface area contributed by atoms with Crippen LogP contribution in [0.4, 0.5) is 0 Å². The van der Waals surface area contributed by atoms with Gasteiger partial charge in [-0.3, -0.25) is 0 Å². The molecule has 2 aromatic carbocycles. The maximum absolute atomic E-state index is 6.74. The summed E-state index contributed by atoms with van der Waals surface area (Å²) in [7, 11) is -3.49. The van der Waals surface area contributed by atoms with E-state index in [-0.39, 0.29) is 0 Å². The zero-order chi connectivity index (χ0) is 16.5. The van der Waals surface area contributed by atoms with Crippen molar-refractivity contribution in [3.05, 3.63) is 60.7 Å². The van der Waals surface area contributed by atoms with Crippen LogP contribution in [0.1, 0.15) is 19.8 Å². The minimum Gasteiger partial charge on any atom is -0.450 e. The summed E-state index contributed by atoms with van der Waals surface area (Å²) in [6.07, 6.45) is 3.08. The first-order valence-corrected chi connectivity index (χ1v) is 13.2. The Bertz CT molecular complexity index is 519. The maximum Gasteiger partial charge on any atom is 0.228 e. The van der Waals surface area contributed by atoms with Crippen LogP contribution in [-0.4, -0.2) is 30.2 Å². The van der Waals surface area contributed by atoms with Crippen molar-refractivity contribution in [3.63, 3.8) is 0 Å². The Balaban J connectivity index is 2.12. The molecule has 0 unspecified atom stereocenters. The van der Waals surface area contributed by atoms with Gasteiger partial charge in [0, 0.05) is 6.61 Å². The van der Waals surface area contributed by atoms with E-state index in [0.717, 1.165) is 19.3 Å². The molecule has 0 spiro atoms. The molecule has 0 saturated heterocycles. The summed E-state index contributed by atoms with van der Waals surface area (Å²) in [6, 6.07) is 21.4. The summed E-state index contributed by atoms with van der Waals surface area (Å²) < 4.78 is 12.6. The van der Waals surface area contributed by atoms with Crippen LogP contribution in [0.3, 0.4) is 0 Å². The number of hydrogen-bond acceptors (Lipinski definition) is 2. The summed E-state index contributed by atoms with van der Waals surface area (Å²) in [6.45, 7) is 7.57. The molecule has 2 rings (SSSR count). The van der Waals surface area contributed by atoms with Crippen molar-refractivity contribution in [2.75, 3.05) is 12.8 Å². The van der Waals surface area contributed by atoms with Gasteiger partial charge in [0.1, 0.15) is 0 Å². The molecular formula is C19H28O2Si2. The van der Waals surface area contributed by atoms with Gasteiger partial charge in [-0.15, -0.1) is 0 Å². The first-order valence-electron chi connectivity index (χ1n) is 8.48. The van der Waals surface area contributed by atoms with E-state index in [4.69, 9.17) is 8.85 Å². The molecule has 124 valence electrons. The molecule has 2 aromatic rings. The molecule has 2 nitrogen and oxygen atoms in total. The third kappa shape index (κ3) is 6.07. The molecule has 0 amide bonds. The van der Waals surface area contributed by atoms with Gasteiger partial charge in [0.25, 0.3) is 0 Å². The molecule has 0 atom stereocenters. The second-order valence-electron chi connectivity index (χ2n) is 6.49. The molecule has 0 N–H and O–H groups in total. The Morgan fingerprint density at radius 2 is 1.39 bits per heavy atom. The monoisotopic (exact) mass is 344 g/mol. The molecule has 0 aromatic heterocycles. The van der Waals surface area contributed by atoms with Gasteiger partial charge >= 0.3 is 0 Å². The largest absolute Gasteiger partial charge is 0.450 e. The lowest BCUT2D eigenvalue weighted by atomic mass is 10.4. The molecule has 0 radical (unpaired) electrons. The van der Waals surface area contributed by atoms with E-state index in [1.807, 2.05) is 0 Å². The molecule has 0 aliphatic carbocycles. The first-order chi connectivity index (χ1) is 11.1. The van der Waals surface area contributed by atoms with Gasteiger partial charge < -0.3 is 8.85 Å². The lowest BCUT2D eigenvalue weighted by molar-refractivity contribution is 0.161. The number of hydrogen-bond donors (Lipinski definition) is 0. The van der Waals surface area contributed by atoms with Crippen LogP contribution in [-0.2, 0) is 8.85 Å². The van der Waals surface area contributed by atoms with Crippen molar-refractivity contribution in [1.29, 1.82) is 0 Å². The second kappa shape index (κ2) is 9.18. The van der Waals surface area contributed by atoms with E-state index in [2.05, 4.69) is 80.7 Å². The van der Waals surface area contributed by atoms with Gasteiger partial charge in [-0.2, -0.15) is 0 Å². The summed E-state index contributed by atoms with van der Waals surface area (Å²) in [4.78, 5) is 0. The van der Waals surface area contributed by atoms with E-state index >= 15 is 0 Å². The quantitative estimate of drug-likeness (QED) is 0.514. The van der Waals surface area contributed by atoms with Crippen LogP contribution in [0, 0.1) is 0 Å². The Hall–Kier alpha value is -1.21. The van der Waals surface area contributed by atoms with Gasteiger partial charge in [-0.05, 0) is 29.9 Å². The predicted molar refractivity (Wildman–Crippen MR) is 104 cm³/mol. The van der Waals surface area contributed by atoms with E-state index in [9.17, 15) is 0 Å². The fourth-order valence-electron chi connectivity index (χ4n) is 2.50. The third-order valence-electron chi connectivity index (χ3n) is 3.73. The average molecular weight is 345 g/mol. The van der Waals surface area contributed by atoms with Crippen LogP contribution in [0.25, 0.3) is 0 Å². The third-order valence-corrected chi connectivity index (χ3v) is 10.1. The van der Waals surface area contributed by atoms with E-state index in [1.54, 1.807) is 0 Å². The smallest absolute Gasteiger partial charge is 0.228 e. The SMILES string of the molecule is CCCCOC[Si](C)(C)O[SiH](c1ccccc1)c1ccccc1. The van der Waals surface area contributed by atoms with E-state index < -0.39 is 17.4 Å². The van der Waals surface area contributed by atoms with Crippen LogP contribution in [0.5, 0.6) is 0 Å². The highest BCUT2D eigenvalue weighted by molar-refractivity contribution is 6.89. The van der Waals surface area contributed by atoms with Gasteiger partial charge in [-0.25, -0.2) is 0 Å². The average Bonchev–Trinajstić information content (AvgIpc) is 2.58. The Morgan fingerprint density at radius 3 is 1.87 bits per heavy atom. The van der Waals surface area contributed by atoms with Crippen LogP contribution in [0.2, 0.25) is 13.1 Å². The van der Waals surface area contributed by atoms with E-state index in [1.165, 1.54) is 16.8 Å². The van der Waals surface area contributed by atoms with Crippen molar-refractivity contribution < 1.29 is 8.85 Å². The van der Waals surface area contributed by atoms with Gasteiger partial charge in [-0.1, -0.05) is 74.0 Å². The highest BCUT2D eigenvalue weighted by Crippen LogP contribution is 2.09. The van der Waals surface area contributed by atoms with Crippen LogP contribution >= 0.6 is 0 Å². The summed E-state index contributed by atoms with van der Waals surface area (Å²) >= 11 is 0. The number of rotatable bonds is 9. The van der Waals surface area contributed by atoms with Gasteiger partial charge in [0.15, 0.2) is 8.32 Å². The van der Waals surface area contributed by atoms with Gasteiger partial charge in [0.2, 0.25) is 9.04 Å². The normalized spacial score (nSPS) is 11.8. The van der Waals surface area contributed by atoms with Crippen molar-refractivity contribution in [2.45, 2.75) is 32.9 Å². The first kappa shape index (κ1) is 18.1. The predicted octanol–water partition coefficient (Wildman–Crippen LogP) is 3.10. The molecule has 0 bridgehead atoms. The zero-order valence-corrected chi connectivity index (χ0v) is 16.7. The highest BCUT2D eigenvalue weighted by Gasteiger charge is 2.29. The molecule has 0 heterocycles. The second-order valence-corrected chi connectivity index (χ2v) is 13.3. The molecule has 4 heteroatoms. The van der Waals surface area contributed by atoms with Crippen LogP contribution < -0.4 is 10.4 Å². The molecule has 0 fully saturated rings. The maximum atomic E-state index is 6.74. The Morgan fingerprint density at radius 1 is 0.870 bits per heavy atom. The molecule has 0 saturated carbocycles. The zero-order valence-electron chi connectivity index (χ0n) is 14.5. The number of ether oxygens (including phenoxy) is 1. The highest BCUT2D eigenvalue weighted by atomic mass is 28.4. The van der Waals surface area contributed by atoms with E-state index in [0.29, 0.717) is 0 Å². The topological polar surface area (TPSA) is 18.5 Å². The number of unbranched alkanes of at least 4 members (excludes halogenated alkanes) is 1. The van der Waals surface area contributed by atoms with Crippen molar-refractivity contribution in [3.8, 4) is 0 Å². The molecular weight excluding hydrogens is 316 g/mol. The molecule has 0 aliphatic heterocycles. The standard InChI is InChI=1S/C19H28O2Si2/c1-4-5-16-20-17-23(2,3)21-22(18-12-8-6-9-13-18)19-14-10-7-11-15-19/h6-15,22H,4-5,16-17H2,1-3H3. The lowest BCUT2D eigenvalue weighted by Gasteiger charge is -2.29. The summed E-state index contributed by atoms with van der Waals surface area (Å²) in [5.74, 6) is 0. The number of benzene rings is 2. The lowest BCUT2D eigenvalue weighted by Crippen LogP contribution is -2.53. The Labute approximate surface area is 143 Å². The molecule has 23 heavy (non-hydrogen) atoms. The fourth-order valence-corrected chi connectivity index (χ4v) is 8.58. The van der Waals surface area contributed by atoms with Crippen molar-refractivity contribution in [2.24, 2.45) is 0 Å². The van der Waals surface area contributed by atoms with Crippen LogP contribution in [0.15, 0.2) is 60.7 Å². The summed E-state index contributed by atoms with van der Waals surface area (Å²) in [5.41, 5.74) is 0. The fraction of sp³-hybridized carbons (Fsp3) is 0.368. The Kier molecular flexibility index (Phi) is 7.24. The summed E-state index contributed by atoms with van der Waals surface area (Å²) in [5, 5.41) is 2.68.